The first-order chi connectivity index (χ1) is 12.6. The van der Waals surface area contributed by atoms with E-state index in [2.05, 4.69) is 38.3 Å². The second kappa shape index (κ2) is 7.00. The van der Waals surface area contributed by atoms with Crippen LogP contribution in [0.3, 0.4) is 0 Å². The fourth-order valence-electron chi connectivity index (χ4n) is 4.27. The molecule has 2 aromatic rings. The highest BCUT2D eigenvalue weighted by Crippen LogP contribution is 2.29. The summed E-state index contributed by atoms with van der Waals surface area (Å²) >= 11 is 0. The molecular formula is C21H28N2O4. The molecule has 6 nitrogen and oxygen atoms in total. The lowest BCUT2D eigenvalue weighted by Gasteiger charge is -2.46. The number of piperidine rings is 1. The molecule has 6 heteroatoms. The highest BCUT2D eigenvalue weighted by atomic mass is 16.5. The summed E-state index contributed by atoms with van der Waals surface area (Å²) in [4.78, 5) is 24.9. The lowest BCUT2D eigenvalue weighted by molar-refractivity contribution is 0.0874. The van der Waals surface area contributed by atoms with Gasteiger partial charge in [0.15, 0.2) is 0 Å². The van der Waals surface area contributed by atoms with Crippen LogP contribution in [0.2, 0.25) is 0 Å². The van der Waals surface area contributed by atoms with Crippen LogP contribution in [0.25, 0.3) is 11.0 Å². The minimum atomic E-state index is -0.549. The van der Waals surface area contributed by atoms with Crippen molar-refractivity contribution in [2.75, 3.05) is 6.61 Å². The van der Waals surface area contributed by atoms with Crippen LogP contribution >= 0.6 is 0 Å². The summed E-state index contributed by atoms with van der Waals surface area (Å²) in [6.45, 7) is 10.9. The number of benzene rings is 1. The maximum atomic E-state index is 13.0. The van der Waals surface area contributed by atoms with Crippen molar-refractivity contribution < 1.29 is 13.9 Å². The Morgan fingerprint density at radius 3 is 2.52 bits per heavy atom. The molecule has 146 valence electrons. The Hall–Kier alpha value is -2.34. The number of carbonyl (C=O) groups excluding carboxylic acids is 1. The van der Waals surface area contributed by atoms with Crippen LogP contribution in [0, 0.1) is 0 Å². The zero-order chi connectivity index (χ0) is 19.8. The summed E-state index contributed by atoms with van der Waals surface area (Å²) < 4.78 is 10.7. The topological polar surface area (TPSA) is 80.6 Å². The van der Waals surface area contributed by atoms with Gasteiger partial charge in [0.05, 0.1) is 12.2 Å². The first kappa shape index (κ1) is 19.4. The molecule has 3 rings (SSSR count). The van der Waals surface area contributed by atoms with Crippen LogP contribution < -0.4 is 21.0 Å². The molecule has 1 aromatic carbocycles. The quantitative estimate of drug-likeness (QED) is 0.806. The number of ether oxygens (including phenoxy) is 1. The lowest BCUT2D eigenvalue weighted by Crippen LogP contribution is -2.62. The second-order valence-electron chi connectivity index (χ2n) is 8.54. The van der Waals surface area contributed by atoms with Gasteiger partial charge < -0.3 is 19.8 Å². The van der Waals surface area contributed by atoms with E-state index in [1.165, 1.54) is 6.07 Å². The van der Waals surface area contributed by atoms with Crippen LogP contribution in [0.1, 0.15) is 57.8 Å². The first-order valence-corrected chi connectivity index (χ1v) is 9.39. The van der Waals surface area contributed by atoms with E-state index in [1.54, 1.807) is 18.2 Å². The van der Waals surface area contributed by atoms with Crippen LogP contribution in [0.15, 0.2) is 33.5 Å². The number of carbonyl (C=O) groups is 1. The molecule has 0 saturated carbocycles. The van der Waals surface area contributed by atoms with Gasteiger partial charge >= 0.3 is 5.63 Å². The molecule has 2 heterocycles. The molecular weight excluding hydrogens is 344 g/mol. The Balaban J connectivity index is 1.90. The second-order valence-corrected chi connectivity index (χ2v) is 8.54. The smallest absolute Gasteiger partial charge is 0.337 e. The van der Waals surface area contributed by atoms with Gasteiger partial charge in [-0.3, -0.25) is 4.79 Å². The van der Waals surface area contributed by atoms with Crippen molar-refractivity contribution in [3.05, 3.63) is 40.2 Å². The predicted octanol–water partition coefficient (Wildman–Crippen LogP) is 3.23. The Morgan fingerprint density at radius 2 is 1.89 bits per heavy atom. The standard InChI is InChI=1S/C21H28N2O4/c1-6-26-14-7-8-15-16(10-18(24)27-17(15)9-14)19(25)22-13-11-20(2,3)23-21(4,5)12-13/h7-10,13,23H,6,11-12H2,1-5H3,(H,22,25). The minimum absolute atomic E-state index is 0.0220. The summed E-state index contributed by atoms with van der Waals surface area (Å²) in [7, 11) is 0. The van der Waals surface area contributed by atoms with Crippen molar-refractivity contribution >= 4 is 16.9 Å². The minimum Gasteiger partial charge on any atom is -0.494 e. The maximum absolute atomic E-state index is 13.0. The van der Waals surface area contributed by atoms with E-state index in [-0.39, 0.29) is 23.0 Å². The zero-order valence-corrected chi connectivity index (χ0v) is 16.6. The summed E-state index contributed by atoms with van der Waals surface area (Å²) in [5.74, 6) is 0.350. The third kappa shape index (κ3) is 4.50. The van der Waals surface area contributed by atoms with Crippen molar-refractivity contribution in [1.29, 1.82) is 0 Å². The maximum Gasteiger partial charge on any atom is 0.337 e. The van der Waals surface area contributed by atoms with Gasteiger partial charge in [-0.1, -0.05) is 0 Å². The van der Waals surface area contributed by atoms with Crippen LogP contribution in [0.5, 0.6) is 5.75 Å². The Kier molecular flexibility index (Phi) is 5.04. The van der Waals surface area contributed by atoms with E-state index in [4.69, 9.17) is 9.15 Å². The van der Waals surface area contributed by atoms with Gasteiger partial charge in [0.2, 0.25) is 0 Å². The fraction of sp³-hybridized carbons (Fsp3) is 0.524. The Morgan fingerprint density at radius 1 is 1.22 bits per heavy atom. The number of amides is 1. The zero-order valence-electron chi connectivity index (χ0n) is 16.6. The van der Waals surface area contributed by atoms with Crippen molar-refractivity contribution in [3.63, 3.8) is 0 Å². The lowest BCUT2D eigenvalue weighted by atomic mass is 9.79. The van der Waals surface area contributed by atoms with Crippen LogP contribution in [-0.2, 0) is 0 Å². The van der Waals surface area contributed by atoms with E-state index in [1.807, 2.05) is 6.92 Å². The molecule has 1 aliphatic rings. The predicted molar refractivity (Wildman–Crippen MR) is 105 cm³/mol. The number of hydrogen-bond donors (Lipinski definition) is 2. The molecule has 0 spiro atoms. The molecule has 1 aliphatic heterocycles. The molecule has 0 aliphatic carbocycles. The van der Waals surface area contributed by atoms with Crippen molar-refractivity contribution in [3.8, 4) is 5.75 Å². The monoisotopic (exact) mass is 372 g/mol. The number of fused-ring (bicyclic) bond motifs is 1. The summed E-state index contributed by atoms with van der Waals surface area (Å²) in [6, 6.07) is 6.46. The van der Waals surface area contributed by atoms with E-state index in [0.717, 1.165) is 12.8 Å². The van der Waals surface area contributed by atoms with Gasteiger partial charge in [-0.2, -0.15) is 0 Å². The summed E-state index contributed by atoms with van der Waals surface area (Å²) in [5, 5.41) is 7.32. The summed E-state index contributed by atoms with van der Waals surface area (Å²) in [6.07, 6.45) is 1.63. The van der Waals surface area contributed by atoms with Gasteiger partial charge in [0.25, 0.3) is 5.91 Å². The third-order valence-corrected chi connectivity index (χ3v) is 4.80. The molecule has 0 unspecified atom stereocenters. The van der Waals surface area contributed by atoms with E-state index in [0.29, 0.717) is 28.9 Å². The van der Waals surface area contributed by atoms with Crippen molar-refractivity contribution in [2.24, 2.45) is 0 Å². The molecule has 0 bridgehead atoms. The average Bonchev–Trinajstić information content (AvgIpc) is 2.50. The van der Waals surface area contributed by atoms with Gasteiger partial charge in [-0.15, -0.1) is 0 Å². The van der Waals surface area contributed by atoms with Crippen LogP contribution in [-0.4, -0.2) is 29.6 Å². The Labute approximate surface area is 159 Å². The summed E-state index contributed by atoms with van der Waals surface area (Å²) in [5.41, 5.74) is -0.0245. The molecule has 0 atom stereocenters. The van der Waals surface area contributed by atoms with Crippen molar-refractivity contribution in [1.82, 2.24) is 10.6 Å². The fourth-order valence-corrected chi connectivity index (χ4v) is 4.27. The SMILES string of the molecule is CCOc1ccc2c(C(=O)NC3CC(C)(C)NC(C)(C)C3)cc(=O)oc2c1. The number of rotatable bonds is 4. The highest BCUT2D eigenvalue weighted by Gasteiger charge is 2.38. The molecule has 1 saturated heterocycles. The third-order valence-electron chi connectivity index (χ3n) is 4.80. The molecule has 0 radical (unpaired) electrons. The van der Waals surface area contributed by atoms with Gasteiger partial charge in [0.1, 0.15) is 11.3 Å². The Bertz CT molecular complexity index is 898. The van der Waals surface area contributed by atoms with Crippen molar-refractivity contribution in [2.45, 2.75) is 64.6 Å². The van der Waals surface area contributed by atoms with E-state index >= 15 is 0 Å². The van der Waals surface area contributed by atoms with E-state index in [9.17, 15) is 9.59 Å². The molecule has 1 amide bonds. The first-order valence-electron chi connectivity index (χ1n) is 9.39. The largest absolute Gasteiger partial charge is 0.494 e. The molecule has 27 heavy (non-hydrogen) atoms. The average molecular weight is 372 g/mol. The highest BCUT2D eigenvalue weighted by molar-refractivity contribution is 6.05. The molecule has 1 fully saturated rings. The number of hydrogen-bond acceptors (Lipinski definition) is 5. The number of nitrogens with one attached hydrogen (secondary N) is 2. The van der Waals surface area contributed by atoms with Gasteiger partial charge in [0, 0.05) is 34.6 Å². The van der Waals surface area contributed by atoms with Gasteiger partial charge in [-0.25, -0.2) is 4.79 Å². The van der Waals surface area contributed by atoms with Gasteiger partial charge in [-0.05, 0) is 59.6 Å². The molecule has 1 aromatic heterocycles. The molecule has 2 N–H and O–H groups in total. The van der Waals surface area contributed by atoms with Crippen LogP contribution in [0.4, 0.5) is 0 Å². The van der Waals surface area contributed by atoms with E-state index < -0.39 is 5.63 Å². The normalized spacial score (nSPS) is 19.0.